The van der Waals surface area contributed by atoms with Gasteiger partial charge in [0.2, 0.25) is 5.91 Å². The summed E-state index contributed by atoms with van der Waals surface area (Å²) in [5.41, 5.74) is 0. The summed E-state index contributed by atoms with van der Waals surface area (Å²) >= 11 is 0. The predicted molar refractivity (Wildman–Crippen MR) is 76.4 cm³/mol. The van der Waals surface area contributed by atoms with Crippen molar-refractivity contribution in [2.45, 2.75) is 19.3 Å². The van der Waals surface area contributed by atoms with Crippen molar-refractivity contribution >= 4 is 16.1 Å². The molecule has 128 valence electrons. The third kappa shape index (κ3) is 4.58. The number of carbonyl (C=O) groups excluding carboxylic acids is 1. The lowest BCUT2D eigenvalue weighted by molar-refractivity contribution is -0.138. The van der Waals surface area contributed by atoms with E-state index in [0.717, 1.165) is 0 Å². The van der Waals surface area contributed by atoms with Gasteiger partial charge in [-0.15, -0.1) is 0 Å². The molecule has 0 unspecified atom stereocenters. The maximum Gasteiger partial charge on any atom is 0.276 e. The topological polar surface area (TPSA) is 86.9 Å². The molecule has 2 heterocycles. The Morgan fingerprint density at radius 3 is 2.09 bits per heavy atom. The first kappa shape index (κ1) is 17.5. The van der Waals surface area contributed by atoms with Crippen LogP contribution in [0, 0.1) is 5.92 Å². The molecule has 22 heavy (non-hydrogen) atoms. The molecular formula is C12H22F2N4O3S. The number of piperazine rings is 1. The van der Waals surface area contributed by atoms with Crippen molar-refractivity contribution < 1.29 is 22.0 Å². The van der Waals surface area contributed by atoms with Gasteiger partial charge in [-0.2, -0.15) is 12.7 Å². The number of nitrogens with two attached hydrogens (primary N) is 1. The summed E-state index contributed by atoms with van der Waals surface area (Å²) < 4.78 is 48.3. The molecule has 10 heteroatoms. The number of hydrogen-bond acceptors (Lipinski definition) is 4. The first-order chi connectivity index (χ1) is 10.3. The molecule has 2 rings (SSSR count). The molecule has 2 aliphatic rings. The molecule has 0 bridgehead atoms. The molecule has 2 N–H and O–H groups in total. The average molecular weight is 340 g/mol. The summed E-state index contributed by atoms with van der Waals surface area (Å²) in [5, 5.41) is 5.07. The van der Waals surface area contributed by atoms with Gasteiger partial charge in [0, 0.05) is 45.2 Å². The van der Waals surface area contributed by atoms with E-state index in [2.05, 4.69) is 0 Å². The first-order valence-corrected chi connectivity index (χ1v) is 8.85. The fourth-order valence-electron chi connectivity index (χ4n) is 2.96. The van der Waals surface area contributed by atoms with Crippen molar-refractivity contribution in [1.29, 1.82) is 0 Å². The molecule has 1 amide bonds. The predicted octanol–water partition coefficient (Wildman–Crippen LogP) is -0.689. The van der Waals surface area contributed by atoms with E-state index < -0.39 is 16.6 Å². The van der Waals surface area contributed by atoms with E-state index in [1.54, 1.807) is 9.80 Å². The Balaban J connectivity index is 1.79. The fraction of sp³-hybridized carbons (Fsp3) is 0.917. The van der Waals surface area contributed by atoms with Gasteiger partial charge in [0.15, 0.2) is 0 Å². The Bertz CT molecular complexity index is 487. The molecule has 0 saturated carbocycles. The number of alkyl halides is 2. The van der Waals surface area contributed by atoms with Gasteiger partial charge in [-0.05, 0) is 12.8 Å². The summed E-state index contributed by atoms with van der Waals surface area (Å²) in [5.74, 6) is -0.217. The zero-order valence-electron chi connectivity index (χ0n) is 12.3. The molecule has 0 spiro atoms. The minimum Gasteiger partial charge on any atom is -0.340 e. The van der Waals surface area contributed by atoms with Crippen LogP contribution >= 0.6 is 0 Å². The monoisotopic (exact) mass is 340 g/mol. The number of carbonyl (C=O) groups is 1. The summed E-state index contributed by atoms with van der Waals surface area (Å²) in [6.07, 6.45) is -1.45. The van der Waals surface area contributed by atoms with Crippen LogP contribution in [0.25, 0.3) is 0 Å². The Labute approximate surface area is 129 Å². The van der Waals surface area contributed by atoms with E-state index in [0.29, 0.717) is 39.0 Å². The molecular weight excluding hydrogens is 318 g/mol. The van der Waals surface area contributed by atoms with Gasteiger partial charge >= 0.3 is 0 Å². The van der Waals surface area contributed by atoms with Crippen LogP contribution < -0.4 is 5.14 Å². The van der Waals surface area contributed by atoms with Crippen LogP contribution in [-0.2, 0) is 15.0 Å². The molecule has 0 aliphatic carbocycles. The van der Waals surface area contributed by atoms with Crippen molar-refractivity contribution in [2.75, 3.05) is 45.8 Å². The van der Waals surface area contributed by atoms with Gasteiger partial charge < -0.3 is 4.90 Å². The van der Waals surface area contributed by atoms with Crippen molar-refractivity contribution in [3.63, 3.8) is 0 Å². The summed E-state index contributed by atoms with van der Waals surface area (Å²) in [6, 6.07) is 0. The smallest absolute Gasteiger partial charge is 0.276 e. The van der Waals surface area contributed by atoms with Gasteiger partial charge in [0.25, 0.3) is 16.6 Å². The van der Waals surface area contributed by atoms with E-state index in [1.165, 1.54) is 4.31 Å². The van der Waals surface area contributed by atoms with E-state index >= 15 is 0 Å². The van der Waals surface area contributed by atoms with Gasteiger partial charge in [-0.3, -0.25) is 9.69 Å². The maximum absolute atomic E-state index is 12.4. The normalized spacial score (nSPS) is 23.2. The highest BCUT2D eigenvalue weighted by molar-refractivity contribution is 7.86. The minimum absolute atomic E-state index is 0.00855. The molecule has 7 nitrogen and oxygen atoms in total. The quantitative estimate of drug-likeness (QED) is 0.734. The van der Waals surface area contributed by atoms with E-state index in [1.807, 2.05) is 0 Å². The van der Waals surface area contributed by atoms with Gasteiger partial charge in [0.1, 0.15) is 0 Å². The second-order valence-electron chi connectivity index (χ2n) is 5.74. The average Bonchev–Trinajstić information content (AvgIpc) is 2.46. The van der Waals surface area contributed by atoms with Crippen molar-refractivity contribution in [1.82, 2.24) is 14.1 Å². The van der Waals surface area contributed by atoms with Crippen LogP contribution in [0.1, 0.15) is 12.8 Å². The van der Waals surface area contributed by atoms with Crippen molar-refractivity contribution in [2.24, 2.45) is 11.1 Å². The number of amides is 1. The van der Waals surface area contributed by atoms with Gasteiger partial charge in [-0.25, -0.2) is 13.9 Å². The number of hydrogen-bond donors (Lipinski definition) is 1. The third-order valence-corrected chi connectivity index (χ3v) is 5.33. The molecule has 2 fully saturated rings. The SMILES string of the molecule is NS(=O)(=O)N1CCC(C(=O)N2CCN(CC(F)F)CC2)CC1. The fourth-order valence-corrected chi connectivity index (χ4v) is 3.68. The second-order valence-corrected chi connectivity index (χ2v) is 7.28. The van der Waals surface area contributed by atoms with E-state index in [-0.39, 0.29) is 31.5 Å². The van der Waals surface area contributed by atoms with Crippen molar-refractivity contribution in [3.05, 3.63) is 0 Å². The van der Waals surface area contributed by atoms with Crippen LogP contribution in [0.3, 0.4) is 0 Å². The Morgan fingerprint density at radius 1 is 1.09 bits per heavy atom. The minimum atomic E-state index is -3.69. The zero-order chi connectivity index (χ0) is 16.3. The Morgan fingerprint density at radius 2 is 1.64 bits per heavy atom. The van der Waals surface area contributed by atoms with E-state index in [9.17, 15) is 22.0 Å². The van der Waals surface area contributed by atoms with Crippen LogP contribution in [0.5, 0.6) is 0 Å². The Hall–Kier alpha value is -0.840. The molecule has 0 aromatic carbocycles. The lowest BCUT2D eigenvalue weighted by Crippen LogP contribution is -2.52. The van der Waals surface area contributed by atoms with Crippen LogP contribution in [0.4, 0.5) is 8.78 Å². The first-order valence-electron chi connectivity index (χ1n) is 7.34. The maximum atomic E-state index is 12.4. The van der Waals surface area contributed by atoms with Crippen molar-refractivity contribution in [3.8, 4) is 0 Å². The molecule has 0 aromatic rings. The van der Waals surface area contributed by atoms with Gasteiger partial charge in [-0.1, -0.05) is 0 Å². The third-order valence-electron chi connectivity index (χ3n) is 4.24. The number of nitrogens with zero attached hydrogens (tertiary/aromatic N) is 3. The highest BCUT2D eigenvalue weighted by Crippen LogP contribution is 2.21. The highest BCUT2D eigenvalue weighted by Gasteiger charge is 2.33. The van der Waals surface area contributed by atoms with Crippen LogP contribution in [-0.4, -0.2) is 80.7 Å². The summed E-state index contributed by atoms with van der Waals surface area (Å²) in [6.45, 7) is 2.04. The largest absolute Gasteiger partial charge is 0.340 e. The lowest BCUT2D eigenvalue weighted by atomic mass is 9.96. The molecule has 2 aliphatic heterocycles. The Kier molecular flexibility index (Phi) is 5.70. The summed E-state index contributed by atoms with van der Waals surface area (Å²) in [7, 11) is -3.69. The van der Waals surface area contributed by atoms with Crippen LogP contribution in [0.15, 0.2) is 0 Å². The standard InChI is InChI=1S/C12H22F2N4O3S/c13-11(14)9-16-5-7-17(8-6-16)12(19)10-1-3-18(4-2-10)22(15,20)21/h10-11H,1-9H2,(H2,15,20,21). The molecule has 0 atom stereocenters. The second kappa shape index (κ2) is 7.16. The lowest BCUT2D eigenvalue weighted by Gasteiger charge is -2.38. The summed E-state index contributed by atoms with van der Waals surface area (Å²) in [4.78, 5) is 15.7. The molecule has 0 aromatic heterocycles. The zero-order valence-corrected chi connectivity index (χ0v) is 13.1. The van der Waals surface area contributed by atoms with E-state index in [4.69, 9.17) is 5.14 Å². The number of halogens is 2. The number of rotatable bonds is 4. The molecule has 2 saturated heterocycles. The number of piperidine rings is 1. The highest BCUT2D eigenvalue weighted by atomic mass is 32.2. The van der Waals surface area contributed by atoms with Crippen LogP contribution in [0.2, 0.25) is 0 Å². The van der Waals surface area contributed by atoms with Gasteiger partial charge in [0.05, 0.1) is 6.54 Å². The molecule has 0 radical (unpaired) electrons.